The van der Waals surface area contributed by atoms with Gasteiger partial charge in [-0.1, -0.05) is 54.7 Å². The summed E-state index contributed by atoms with van der Waals surface area (Å²) >= 11 is 0. The average Bonchev–Trinajstić information content (AvgIpc) is 3.82. The molecule has 3 unspecified atom stereocenters. The topological polar surface area (TPSA) is 100 Å². The molecule has 0 aromatic heterocycles. The van der Waals surface area contributed by atoms with Gasteiger partial charge in [0.05, 0.1) is 54.9 Å². The van der Waals surface area contributed by atoms with Gasteiger partial charge in [0.1, 0.15) is 36.3 Å². The molecule has 58 heavy (non-hydrogen) atoms. The molecule has 0 aliphatic carbocycles. The number of carbonyl (C=O) groups excluding carboxylic acids is 1. The van der Waals surface area contributed by atoms with Gasteiger partial charge < -0.3 is 42.3 Å². The molecule has 10 fully saturated rings. The van der Waals surface area contributed by atoms with E-state index in [4.69, 9.17) is 42.3 Å². The smallest absolute Gasteiger partial charge is 0.191 e. The minimum atomic E-state index is -1.88. The first-order chi connectivity index (χ1) is 27.5. The van der Waals surface area contributed by atoms with E-state index in [1.54, 1.807) is 0 Å². The number of ketones is 1. The minimum absolute atomic E-state index is 0.0185. The zero-order chi connectivity index (χ0) is 40.9. The van der Waals surface area contributed by atoms with Crippen molar-refractivity contribution in [2.24, 2.45) is 23.7 Å². The van der Waals surface area contributed by atoms with E-state index in [1.165, 1.54) is 5.57 Å². The Balaban J connectivity index is 0.953. The molecule has 0 radical (unpaired) electrons. The second-order valence-electron chi connectivity index (χ2n) is 21.9. The number of Topliss-reactive ketones (excluding diaryl/α,β-unsaturated/α-hetero) is 1. The highest BCUT2D eigenvalue weighted by molar-refractivity contribution is 6.74. The van der Waals surface area contributed by atoms with E-state index >= 15 is 0 Å². The van der Waals surface area contributed by atoms with Crippen LogP contribution in [0.2, 0.25) is 18.1 Å². The van der Waals surface area contributed by atoms with E-state index in [-0.39, 0.29) is 108 Å². The van der Waals surface area contributed by atoms with Crippen molar-refractivity contribution < 1.29 is 47.1 Å². The Hall–Kier alpha value is -0.993. The van der Waals surface area contributed by atoms with Crippen molar-refractivity contribution in [2.45, 2.75) is 234 Å². The van der Waals surface area contributed by atoms with Crippen LogP contribution in [0.3, 0.4) is 0 Å². The highest BCUT2D eigenvalue weighted by Crippen LogP contribution is 2.54. The number of fused-ring (bicyclic) bond motifs is 6. The Morgan fingerprint density at radius 3 is 2.26 bits per heavy atom. The van der Waals surface area contributed by atoms with Crippen LogP contribution in [0.25, 0.3) is 0 Å². The predicted octanol–water partition coefficient (Wildman–Crippen LogP) is 8.40. The predicted molar refractivity (Wildman–Crippen MR) is 222 cm³/mol. The Morgan fingerprint density at radius 1 is 0.759 bits per heavy atom. The molecule has 0 saturated carbocycles. The molecule has 10 nitrogen and oxygen atoms in total. The quantitative estimate of drug-likeness (QED) is 0.199. The molecule has 11 heteroatoms. The Bertz CT molecular complexity index is 1560. The van der Waals surface area contributed by atoms with Gasteiger partial charge in [0.15, 0.2) is 14.1 Å². The van der Waals surface area contributed by atoms with Crippen molar-refractivity contribution in [1.82, 2.24) is 0 Å². The lowest BCUT2D eigenvalue weighted by atomic mass is 9.78. The molecular weight excluding hydrogens is 753 g/mol. The van der Waals surface area contributed by atoms with Gasteiger partial charge in [0.25, 0.3) is 0 Å². The fourth-order valence-electron chi connectivity index (χ4n) is 11.9. The fraction of sp³-hybridized carbons (Fsp3) is 0.894. The Labute approximate surface area is 349 Å². The first kappa shape index (κ1) is 42.3. The molecule has 12 bridgehead atoms. The van der Waals surface area contributed by atoms with Crippen LogP contribution in [0.5, 0.6) is 0 Å². The minimum Gasteiger partial charge on any atom is -0.417 e. The molecule has 10 rings (SSSR count). The summed E-state index contributed by atoms with van der Waals surface area (Å²) in [5.41, 5.74) is 2.32. The van der Waals surface area contributed by atoms with Gasteiger partial charge in [0.2, 0.25) is 0 Å². The highest BCUT2D eigenvalue weighted by atomic mass is 28.4. The van der Waals surface area contributed by atoms with Gasteiger partial charge in [-0.2, -0.15) is 0 Å². The van der Waals surface area contributed by atoms with E-state index in [0.717, 1.165) is 76.4 Å². The van der Waals surface area contributed by atoms with Crippen molar-refractivity contribution in [3.63, 3.8) is 0 Å². The fourth-order valence-corrected chi connectivity index (χ4v) is 13.1. The monoisotopic (exact) mass is 827 g/mol. The van der Waals surface area contributed by atoms with Gasteiger partial charge >= 0.3 is 0 Å². The first-order valence-corrected chi connectivity index (χ1v) is 26.2. The lowest BCUT2D eigenvalue weighted by molar-refractivity contribution is -0.292. The van der Waals surface area contributed by atoms with Crippen molar-refractivity contribution in [1.29, 1.82) is 0 Å². The van der Waals surface area contributed by atoms with E-state index in [0.29, 0.717) is 31.1 Å². The van der Waals surface area contributed by atoms with E-state index in [2.05, 4.69) is 67.8 Å². The normalized spacial score (nSPS) is 48.8. The van der Waals surface area contributed by atoms with Crippen molar-refractivity contribution in [3.05, 3.63) is 24.3 Å². The van der Waals surface area contributed by atoms with E-state index < -0.39 is 14.1 Å². The third-order valence-corrected chi connectivity index (χ3v) is 21.1. The molecule has 1 spiro atoms. The zero-order valence-corrected chi connectivity index (χ0v) is 37.8. The van der Waals surface area contributed by atoms with Gasteiger partial charge in [0, 0.05) is 38.7 Å². The zero-order valence-electron chi connectivity index (χ0n) is 36.8. The van der Waals surface area contributed by atoms with Crippen molar-refractivity contribution >= 4 is 14.1 Å². The molecule has 10 saturated heterocycles. The van der Waals surface area contributed by atoms with Gasteiger partial charge in [-0.3, -0.25) is 4.79 Å². The first-order valence-electron chi connectivity index (χ1n) is 23.3. The summed E-state index contributed by atoms with van der Waals surface area (Å²) in [6.07, 6.45) is 8.52. The summed E-state index contributed by atoms with van der Waals surface area (Å²) in [6, 6.07) is 0. The summed E-state index contributed by atoms with van der Waals surface area (Å²) in [5, 5.41) is 0.162. The van der Waals surface area contributed by atoms with E-state index in [9.17, 15) is 4.79 Å². The molecule has 326 valence electrons. The van der Waals surface area contributed by atoms with Crippen LogP contribution in [0.4, 0.5) is 0 Å². The number of hydrogen-bond acceptors (Lipinski definition) is 10. The molecule has 10 aliphatic heterocycles. The van der Waals surface area contributed by atoms with Crippen molar-refractivity contribution in [3.8, 4) is 0 Å². The molecule has 10 aliphatic rings. The van der Waals surface area contributed by atoms with Gasteiger partial charge in [-0.25, -0.2) is 0 Å². The van der Waals surface area contributed by atoms with Crippen LogP contribution in [-0.2, 0) is 47.1 Å². The molecule has 10 heterocycles. The second-order valence-corrected chi connectivity index (χ2v) is 26.7. The van der Waals surface area contributed by atoms with E-state index in [1.807, 2.05) is 0 Å². The molecule has 0 N–H and O–H groups in total. The maximum Gasteiger partial charge on any atom is 0.191 e. The van der Waals surface area contributed by atoms with Crippen LogP contribution in [0, 0.1) is 23.7 Å². The molecule has 0 aromatic carbocycles. The largest absolute Gasteiger partial charge is 0.417 e. The third kappa shape index (κ3) is 8.07. The standard InChI is InChI=1S/C47H74O10Si/c1-25(24-49-58(9,10)46(6,7)8)17-37-29(5)34-21-30(48)20-32-12-14-36-41(52-32)45-44-43(54-36)42-40(55-44)23-47(56-42,57-45)16-15-33-19-27(3)35(50-33)13-11-31-18-26(2)28(4)38(51-31)22-39(34)53-37/h25-26,29,31-45H,3-4,11-24H2,1-2,5-10H3/t25-,26+,29+,31-,32+,33-,34+,35?,36-,37+,38?,39-,40+,41-,42?,43-,44+,45-,47-/m0/s1. The lowest BCUT2D eigenvalue weighted by Crippen LogP contribution is -2.61. The van der Waals surface area contributed by atoms with Crippen molar-refractivity contribution in [2.75, 3.05) is 6.61 Å². The number of hydrogen-bond donors (Lipinski definition) is 0. The molecule has 0 amide bonds. The molecule has 19 atom stereocenters. The Kier molecular flexibility index (Phi) is 11.7. The van der Waals surface area contributed by atoms with Gasteiger partial charge in [-0.15, -0.1) is 0 Å². The summed E-state index contributed by atoms with van der Waals surface area (Å²) in [6.45, 7) is 28.2. The lowest BCUT2D eigenvalue weighted by Gasteiger charge is -2.47. The molecular formula is C47H74O10Si. The number of rotatable bonds is 5. The van der Waals surface area contributed by atoms with Crippen LogP contribution in [0.15, 0.2) is 24.3 Å². The summed E-state index contributed by atoms with van der Waals surface area (Å²) in [5.74, 6) is 0.467. The van der Waals surface area contributed by atoms with Crippen LogP contribution >= 0.6 is 0 Å². The maximum atomic E-state index is 14.3. The summed E-state index contributed by atoms with van der Waals surface area (Å²) in [7, 11) is -1.88. The van der Waals surface area contributed by atoms with Crippen LogP contribution < -0.4 is 0 Å². The highest BCUT2D eigenvalue weighted by Gasteiger charge is 2.68. The van der Waals surface area contributed by atoms with Crippen LogP contribution in [0.1, 0.15) is 125 Å². The molecule has 0 aromatic rings. The van der Waals surface area contributed by atoms with Gasteiger partial charge in [-0.05, 0) is 104 Å². The third-order valence-electron chi connectivity index (χ3n) is 16.6. The summed E-state index contributed by atoms with van der Waals surface area (Å²) < 4.78 is 61.6. The SMILES string of the molecule is C=C1C[C@@H]2CC[C@@]34C[C@H]5O[C@H]6[C@@H](O3)[C@H]3O[C@H](CC[C@@H]3O[C@H]6C5O4)CC(=O)C[C@@H]3[C@@H](C)[C@@H](C[C@H](C)CO[Si](C)(C)C(C)(C)C)O[C@H]3CC3O[C@@H](CCC1O2)C[C@@H](C)C3=C. The van der Waals surface area contributed by atoms with Crippen LogP contribution in [-0.4, -0.2) is 112 Å². The second kappa shape index (κ2) is 16.0. The number of carbonyl (C=O) groups is 1. The Morgan fingerprint density at radius 2 is 1.47 bits per heavy atom. The average molecular weight is 827 g/mol. The number of ether oxygens (including phenoxy) is 8. The maximum absolute atomic E-state index is 14.3. The summed E-state index contributed by atoms with van der Waals surface area (Å²) in [4.78, 5) is 14.3.